The van der Waals surface area contributed by atoms with E-state index < -0.39 is 0 Å². The van der Waals surface area contributed by atoms with E-state index >= 15 is 0 Å². The van der Waals surface area contributed by atoms with Gasteiger partial charge in [0.15, 0.2) is 0 Å². The van der Waals surface area contributed by atoms with Crippen molar-refractivity contribution in [2.24, 2.45) is 17.1 Å². The summed E-state index contributed by atoms with van der Waals surface area (Å²) in [5, 5.41) is 0. The molecule has 0 aliphatic carbocycles. The van der Waals surface area contributed by atoms with Gasteiger partial charge in [0.25, 0.3) is 0 Å². The molecule has 1 heterocycles. The smallest absolute Gasteiger partial charge is 0.229 e. The van der Waals surface area contributed by atoms with Crippen LogP contribution >= 0.6 is 12.2 Å². The minimum absolute atomic E-state index is 0.0899. The molecule has 0 aromatic heterocycles. The van der Waals surface area contributed by atoms with Crippen molar-refractivity contribution < 1.29 is 4.79 Å². The predicted molar refractivity (Wildman–Crippen MR) is 74.8 cm³/mol. The lowest BCUT2D eigenvalue weighted by Gasteiger charge is -2.29. The zero-order valence-electron chi connectivity index (χ0n) is 11.2. The van der Waals surface area contributed by atoms with Crippen LogP contribution in [0.25, 0.3) is 0 Å². The summed E-state index contributed by atoms with van der Waals surface area (Å²) in [5.41, 5.74) is 5.76. The Morgan fingerprint density at radius 2 is 2.00 bits per heavy atom. The Morgan fingerprint density at radius 1 is 1.35 bits per heavy atom. The van der Waals surface area contributed by atoms with Gasteiger partial charge in [0, 0.05) is 13.1 Å². The van der Waals surface area contributed by atoms with Crippen molar-refractivity contribution in [1.29, 1.82) is 0 Å². The predicted octanol–water partition coefficient (Wildman–Crippen LogP) is 2.34. The molecule has 1 amide bonds. The molecule has 0 bridgehead atoms. The van der Waals surface area contributed by atoms with E-state index in [1.54, 1.807) is 0 Å². The molecule has 0 saturated carbocycles. The van der Waals surface area contributed by atoms with Crippen molar-refractivity contribution >= 4 is 23.1 Å². The van der Waals surface area contributed by atoms with Crippen molar-refractivity contribution in [3.8, 4) is 0 Å². The van der Waals surface area contributed by atoms with Gasteiger partial charge in [-0.25, -0.2) is 0 Å². The molecule has 3 nitrogen and oxygen atoms in total. The van der Waals surface area contributed by atoms with E-state index in [1.807, 2.05) is 4.90 Å². The molecule has 98 valence electrons. The number of likely N-dealkylation sites (tertiary alicyclic amines) is 1. The first-order valence-corrected chi connectivity index (χ1v) is 6.77. The van der Waals surface area contributed by atoms with Crippen LogP contribution in [-0.4, -0.2) is 28.9 Å². The number of rotatable bonds is 2. The Bertz CT molecular complexity index is 296. The van der Waals surface area contributed by atoms with Crippen molar-refractivity contribution in [3.05, 3.63) is 0 Å². The van der Waals surface area contributed by atoms with E-state index in [4.69, 9.17) is 18.0 Å². The van der Waals surface area contributed by atoms with Crippen LogP contribution < -0.4 is 5.73 Å². The molecule has 1 fully saturated rings. The highest BCUT2D eigenvalue weighted by Crippen LogP contribution is 2.34. The van der Waals surface area contributed by atoms with Gasteiger partial charge in [-0.2, -0.15) is 0 Å². The SMILES string of the molecule is CC(C)(C)C1CCCN(C(=O)CC(N)=S)CC1. The largest absolute Gasteiger partial charge is 0.393 e. The first kappa shape index (κ1) is 14.4. The summed E-state index contributed by atoms with van der Waals surface area (Å²) < 4.78 is 0. The normalized spacial score (nSPS) is 22.1. The van der Waals surface area contributed by atoms with Crippen molar-refractivity contribution in [3.63, 3.8) is 0 Å². The number of nitrogens with two attached hydrogens (primary N) is 1. The molecule has 1 aliphatic heterocycles. The molecule has 17 heavy (non-hydrogen) atoms. The lowest BCUT2D eigenvalue weighted by Crippen LogP contribution is -2.34. The number of carbonyl (C=O) groups is 1. The topological polar surface area (TPSA) is 46.3 Å². The summed E-state index contributed by atoms with van der Waals surface area (Å²) in [5.74, 6) is 0.789. The molecule has 0 aromatic carbocycles. The molecule has 0 spiro atoms. The highest BCUT2D eigenvalue weighted by Gasteiger charge is 2.28. The summed E-state index contributed by atoms with van der Waals surface area (Å²) in [4.78, 5) is 14.1. The fourth-order valence-electron chi connectivity index (χ4n) is 2.47. The Hall–Kier alpha value is -0.640. The third kappa shape index (κ3) is 4.62. The van der Waals surface area contributed by atoms with E-state index in [0.29, 0.717) is 16.3 Å². The average molecular weight is 256 g/mol. The second-order valence-corrected chi connectivity index (χ2v) is 6.54. The van der Waals surface area contributed by atoms with Crippen LogP contribution in [0.1, 0.15) is 46.5 Å². The van der Waals surface area contributed by atoms with Gasteiger partial charge < -0.3 is 10.6 Å². The van der Waals surface area contributed by atoms with Crippen LogP contribution in [0.4, 0.5) is 0 Å². The van der Waals surface area contributed by atoms with E-state index in [2.05, 4.69) is 20.8 Å². The van der Waals surface area contributed by atoms with Gasteiger partial charge in [-0.05, 0) is 30.6 Å². The summed E-state index contributed by atoms with van der Waals surface area (Å²) in [6.45, 7) is 8.55. The van der Waals surface area contributed by atoms with Gasteiger partial charge in [-0.3, -0.25) is 4.79 Å². The maximum absolute atomic E-state index is 11.9. The van der Waals surface area contributed by atoms with Gasteiger partial charge in [-0.1, -0.05) is 33.0 Å². The average Bonchev–Trinajstić information content (AvgIpc) is 2.40. The Labute approximate surface area is 110 Å². The molecule has 1 unspecified atom stereocenters. The van der Waals surface area contributed by atoms with E-state index in [-0.39, 0.29) is 12.3 Å². The van der Waals surface area contributed by atoms with Crippen LogP contribution in [0.2, 0.25) is 0 Å². The lowest BCUT2D eigenvalue weighted by atomic mass is 9.77. The second-order valence-electron chi connectivity index (χ2n) is 6.02. The number of thiocarbonyl (C=S) groups is 1. The quantitative estimate of drug-likeness (QED) is 0.771. The van der Waals surface area contributed by atoms with Gasteiger partial charge in [-0.15, -0.1) is 0 Å². The van der Waals surface area contributed by atoms with E-state index in [0.717, 1.165) is 25.9 Å². The Kier molecular flexibility index (Phi) is 4.92. The lowest BCUT2D eigenvalue weighted by molar-refractivity contribution is -0.129. The van der Waals surface area contributed by atoms with Crippen molar-refractivity contribution in [1.82, 2.24) is 4.90 Å². The molecule has 1 atom stereocenters. The Morgan fingerprint density at radius 3 is 2.53 bits per heavy atom. The standard InChI is InChI=1S/C13H24N2OS/c1-13(2,3)10-5-4-7-15(8-6-10)12(16)9-11(14)17/h10H,4-9H2,1-3H3,(H2,14,17). The molecule has 0 radical (unpaired) electrons. The monoisotopic (exact) mass is 256 g/mol. The summed E-state index contributed by atoms with van der Waals surface area (Å²) in [6, 6.07) is 0. The van der Waals surface area contributed by atoms with Gasteiger partial charge in [0.1, 0.15) is 0 Å². The Balaban J connectivity index is 2.53. The molecule has 1 aliphatic rings. The third-order valence-electron chi connectivity index (χ3n) is 3.63. The summed E-state index contributed by atoms with van der Waals surface area (Å²) >= 11 is 4.79. The van der Waals surface area contributed by atoms with Crippen molar-refractivity contribution in [2.75, 3.05) is 13.1 Å². The zero-order valence-corrected chi connectivity index (χ0v) is 12.0. The molecule has 0 aromatic rings. The first-order chi connectivity index (χ1) is 7.80. The number of amides is 1. The van der Waals surface area contributed by atoms with Gasteiger partial charge in [0.05, 0.1) is 11.4 Å². The molecular formula is C13H24N2OS. The highest BCUT2D eigenvalue weighted by atomic mass is 32.1. The fourth-order valence-corrected chi connectivity index (χ4v) is 2.60. The van der Waals surface area contributed by atoms with Gasteiger partial charge in [0.2, 0.25) is 5.91 Å². The van der Waals surface area contributed by atoms with Crippen LogP contribution in [0.3, 0.4) is 0 Å². The molecule has 4 heteroatoms. The maximum Gasteiger partial charge on any atom is 0.229 e. The fraction of sp³-hybridized carbons (Fsp3) is 0.846. The number of carbonyl (C=O) groups excluding carboxylic acids is 1. The second kappa shape index (κ2) is 5.80. The van der Waals surface area contributed by atoms with Crippen LogP contribution in [-0.2, 0) is 4.79 Å². The minimum atomic E-state index is 0.0899. The molecule has 1 saturated heterocycles. The van der Waals surface area contributed by atoms with Crippen LogP contribution in [0, 0.1) is 11.3 Å². The number of nitrogens with zero attached hydrogens (tertiary/aromatic N) is 1. The van der Waals surface area contributed by atoms with E-state index in [9.17, 15) is 4.79 Å². The number of hydrogen-bond acceptors (Lipinski definition) is 2. The number of hydrogen-bond donors (Lipinski definition) is 1. The first-order valence-electron chi connectivity index (χ1n) is 6.37. The van der Waals surface area contributed by atoms with Crippen molar-refractivity contribution in [2.45, 2.75) is 46.5 Å². The third-order valence-corrected chi connectivity index (χ3v) is 3.78. The molecule has 2 N–H and O–H groups in total. The van der Waals surface area contributed by atoms with Gasteiger partial charge >= 0.3 is 0 Å². The summed E-state index contributed by atoms with van der Waals surface area (Å²) in [6.07, 6.45) is 3.60. The summed E-state index contributed by atoms with van der Waals surface area (Å²) in [7, 11) is 0. The van der Waals surface area contributed by atoms with Crippen LogP contribution in [0.15, 0.2) is 0 Å². The highest BCUT2D eigenvalue weighted by molar-refractivity contribution is 7.80. The molecule has 1 rings (SSSR count). The zero-order chi connectivity index (χ0) is 13.1. The minimum Gasteiger partial charge on any atom is -0.393 e. The van der Waals surface area contributed by atoms with Crippen LogP contribution in [0.5, 0.6) is 0 Å². The molecular weight excluding hydrogens is 232 g/mol. The van der Waals surface area contributed by atoms with E-state index in [1.165, 1.54) is 6.42 Å². The maximum atomic E-state index is 11.9.